The molecule has 2 heterocycles. The Balaban J connectivity index is 1.88. The minimum atomic E-state index is -4.98. The largest absolute Gasteiger partial charge is 0.471 e. The van der Waals surface area contributed by atoms with Crippen molar-refractivity contribution in [3.05, 3.63) is 0 Å². The summed E-state index contributed by atoms with van der Waals surface area (Å²) in [5.41, 5.74) is 0. The average Bonchev–Trinajstić information content (AvgIpc) is 2.92. The van der Waals surface area contributed by atoms with Crippen LogP contribution in [0.1, 0.15) is 45.4 Å². The Hall–Kier alpha value is -1.18. The lowest BCUT2D eigenvalue weighted by Crippen LogP contribution is -2.64. The smallest absolute Gasteiger partial charge is 0.394 e. The first-order chi connectivity index (χ1) is 18.9. The first kappa shape index (κ1) is 35.0. The molecule has 0 bridgehead atoms. The van der Waals surface area contributed by atoms with E-state index in [-0.39, 0.29) is 32.5 Å². The summed E-state index contributed by atoms with van der Waals surface area (Å²) < 4.78 is 60.4. The molecule has 16 heteroatoms. The molecule has 2 saturated heterocycles. The summed E-state index contributed by atoms with van der Waals surface area (Å²) in [7, 11) is 0. The molecule has 0 aromatic carbocycles. The van der Waals surface area contributed by atoms with Crippen molar-refractivity contribution in [1.29, 1.82) is 0 Å². The fourth-order valence-electron chi connectivity index (χ4n) is 4.52. The predicted molar refractivity (Wildman–Crippen MR) is 128 cm³/mol. The summed E-state index contributed by atoms with van der Waals surface area (Å²) in [5, 5.41) is 70.1. The highest BCUT2D eigenvalue weighted by Gasteiger charge is 2.50. The number of amides is 1. The number of hydrogen-bond donors (Lipinski definition) is 7. The number of alkyl halides is 3. The summed E-state index contributed by atoms with van der Waals surface area (Å²) in [4.78, 5) is 12.5. The van der Waals surface area contributed by atoms with E-state index in [1.54, 1.807) is 0 Å². The average molecular weight is 594 g/mol. The fourth-order valence-corrected chi connectivity index (χ4v) is 4.52. The van der Waals surface area contributed by atoms with E-state index < -0.39 is 86.7 Å². The molecule has 0 aliphatic carbocycles. The molecule has 2 aliphatic heterocycles. The Labute approximate surface area is 230 Å². The molecule has 236 valence electrons. The highest BCUT2D eigenvalue weighted by atomic mass is 19.4. The van der Waals surface area contributed by atoms with Crippen LogP contribution in [0.5, 0.6) is 0 Å². The third kappa shape index (κ3) is 9.42. The standard InChI is InChI=1S/C24H42F3NO12/c1-2-3-4-5-8-28(23(36)24(25,26)27)9-6-7-10-37-21-19(35)17(33)20(14(12-30)39-21)40-22-18(34)16(32)15(31)13(11-29)38-22/h13-22,29-35H,2-12H2,1H3/t13-,14-,15+,16+,17-,18-,19-,20-,21-,22+/m1/s1. The third-order valence-electron chi connectivity index (χ3n) is 6.88. The fraction of sp³-hybridized carbons (Fsp3) is 0.958. The Morgan fingerprint density at radius 1 is 0.775 bits per heavy atom. The van der Waals surface area contributed by atoms with Gasteiger partial charge in [0.1, 0.15) is 48.8 Å². The number of hydrogen-bond acceptors (Lipinski definition) is 12. The zero-order valence-corrected chi connectivity index (χ0v) is 22.3. The molecular weight excluding hydrogens is 551 g/mol. The molecular formula is C24H42F3NO12. The summed E-state index contributed by atoms with van der Waals surface area (Å²) in [6.45, 7) is 0.202. The van der Waals surface area contributed by atoms with Crippen LogP contribution in [0.15, 0.2) is 0 Å². The number of rotatable bonds is 15. The molecule has 0 saturated carbocycles. The van der Waals surface area contributed by atoms with Crippen molar-refractivity contribution < 1.29 is 72.7 Å². The number of carbonyl (C=O) groups excluding carboxylic acids is 1. The quantitative estimate of drug-likeness (QED) is 0.107. The topological polar surface area (TPSA) is 199 Å². The van der Waals surface area contributed by atoms with Crippen LogP contribution in [0.2, 0.25) is 0 Å². The maximum Gasteiger partial charge on any atom is 0.471 e. The zero-order chi connectivity index (χ0) is 30.0. The van der Waals surface area contributed by atoms with Crippen LogP contribution in [0.25, 0.3) is 0 Å². The number of ether oxygens (including phenoxy) is 4. The van der Waals surface area contributed by atoms with E-state index in [1.165, 1.54) is 0 Å². The highest BCUT2D eigenvalue weighted by molar-refractivity contribution is 5.81. The lowest BCUT2D eigenvalue weighted by Gasteiger charge is -2.45. The number of aliphatic hydroxyl groups is 7. The van der Waals surface area contributed by atoms with Gasteiger partial charge in [-0.1, -0.05) is 26.2 Å². The van der Waals surface area contributed by atoms with Gasteiger partial charge in [-0.15, -0.1) is 0 Å². The number of aliphatic hydroxyl groups excluding tert-OH is 7. The molecule has 40 heavy (non-hydrogen) atoms. The van der Waals surface area contributed by atoms with Gasteiger partial charge in [0.2, 0.25) is 0 Å². The number of carbonyl (C=O) groups is 1. The molecule has 10 atom stereocenters. The minimum absolute atomic E-state index is 0.0240. The number of nitrogens with zero attached hydrogens (tertiary/aromatic N) is 1. The molecule has 0 aromatic heterocycles. The summed E-state index contributed by atoms with van der Waals surface area (Å²) in [5.74, 6) is -1.91. The van der Waals surface area contributed by atoms with Crippen molar-refractivity contribution in [1.82, 2.24) is 4.90 Å². The van der Waals surface area contributed by atoms with E-state index in [4.69, 9.17) is 18.9 Å². The molecule has 2 aliphatic rings. The SMILES string of the molecule is CCCCCCN(CCCCO[C@@H]1O[C@H](CO)[C@@H](O[C@@H]2O[C@H](CO)[C@H](O)[C@H](O)[C@H]2O)[C@H](O)[C@H]1O)C(=O)C(F)(F)F. The monoisotopic (exact) mass is 593 g/mol. The molecule has 2 rings (SSSR count). The lowest BCUT2D eigenvalue weighted by molar-refractivity contribution is -0.359. The summed E-state index contributed by atoms with van der Waals surface area (Å²) in [6, 6.07) is 0. The molecule has 1 amide bonds. The van der Waals surface area contributed by atoms with E-state index in [1.807, 2.05) is 6.92 Å². The normalized spacial score (nSPS) is 35.1. The maximum absolute atomic E-state index is 12.9. The Morgan fingerprint density at radius 2 is 1.35 bits per heavy atom. The number of unbranched alkanes of at least 4 members (excludes halogenated alkanes) is 4. The Morgan fingerprint density at radius 3 is 1.93 bits per heavy atom. The van der Waals surface area contributed by atoms with Crippen molar-refractivity contribution in [2.45, 2.75) is 113 Å². The second kappa shape index (κ2) is 16.5. The maximum atomic E-state index is 12.9. The third-order valence-corrected chi connectivity index (χ3v) is 6.88. The van der Waals surface area contributed by atoms with E-state index in [0.29, 0.717) is 12.8 Å². The van der Waals surface area contributed by atoms with Gasteiger partial charge in [0.05, 0.1) is 13.2 Å². The van der Waals surface area contributed by atoms with Crippen molar-refractivity contribution in [2.24, 2.45) is 0 Å². The second-order valence-electron chi connectivity index (χ2n) is 9.93. The minimum Gasteiger partial charge on any atom is -0.394 e. The van der Waals surface area contributed by atoms with Crippen molar-refractivity contribution in [3.63, 3.8) is 0 Å². The molecule has 0 spiro atoms. The second-order valence-corrected chi connectivity index (χ2v) is 9.93. The molecule has 2 fully saturated rings. The van der Waals surface area contributed by atoms with Crippen LogP contribution < -0.4 is 0 Å². The molecule has 7 N–H and O–H groups in total. The van der Waals surface area contributed by atoms with Gasteiger partial charge in [-0.05, 0) is 19.3 Å². The van der Waals surface area contributed by atoms with Crippen molar-refractivity contribution >= 4 is 5.91 Å². The van der Waals surface area contributed by atoms with Crippen LogP contribution in [0.4, 0.5) is 13.2 Å². The van der Waals surface area contributed by atoms with Crippen LogP contribution in [0.3, 0.4) is 0 Å². The highest BCUT2D eigenvalue weighted by Crippen LogP contribution is 2.29. The van der Waals surface area contributed by atoms with Gasteiger partial charge in [-0.3, -0.25) is 4.79 Å². The van der Waals surface area contributed by atoms with E-state index in [2.05, 4.69) is 0 Å². The van der Waals surface area contributed by atoms with Crippen LogP contribution >= 0.6 is 0 Å². The van der Waals surface area contributed by atoms with E-state index >= 15 is 0 Å². The molecule has 0 aromatic rings. The van der Waals surface area contributed by atoms with E-state index in [9.17, 15) is 53.7 Å². The van der Waals surface area contributed by atoms with Gasteiger partial charge in [0.25, 0.3) is 0 Å². The van der Waals surface area contributed by atoms with Crippen LogP contribution in [0, 0.1) is 0 Å². The first-order valence-electron chi connectivity index (χ1n) is 13.4. The zero-order valence-electron chi connectivity index (χ0n) is 22.3. The molecule has 13 nitrogen and oxygen atoms in total. The van der Waals surface area contributed by atoms with Gasteiger partial charge < -0.3 is 59.6 Å². The molecule has 0 unspecified atom stereocenters. The lowest BCUT2D eigenvalue weighted by atomic mass is 9.97. The molecule has 0 radical (unpaired) electrons. The Kier molecular flexibility index (Phi) is 14.4. The first-order valence-corrected chi connectivity index (χ1v) is 13.4. The predicted octanol–water partition coefficient (Wildman–Crippen LogP) is -1.62. The van der Waals surface area contributed by atoms with Gasteiger partial charge in [0, 0.05) is 19.7 Å². The summed E-state index contributed by atoms with van der Waals surface area (Å²) >= 11 is 0. The van der Waals surface area contributed by atoms with Gasteiger partial charge in [0.15, 0.2) is 12.6 Å². The van der Waals surface area contributed by atoms with Crippen molar-refractivity contribution in [3.8, 4) is 0 Å². The summed E-state index contributed by atoms with van der Waals surface area (Å²) in [6.07, 6.45) is -17.6. The van der Waals surface area contributed by atoms with Crippen LogP contribution in [-0.4, -0.2) is 147 Å². The number of halogens is 3. The van der Waals surface area contributed by atoms with Crippen LogP contribution in [-0.2, 0) is 23.7 Å². The Bertz CT molecular complexity index is 746. The van der Waals surface area contributed by atoms with Crippen molar-refractivity contribution in [2.75, 3.05) is 32.9 Å². The van der Waals surface area contributed by atoms with Gasteiger partial charge in [-0.25, -0.2) is 0 Å². The van der Waals surface area contributed by atoms with Gasteiger partial charge >= 0.3 is 12.1 Å². The van der Waals surface area contributed by atoms with Gasteiger partial charge in [-0.2, -0.15) is 13.2 Å². The van der Waals surface area contributed by atoms with E-state index in [0.717, 1.165) is 17.7 Å².